The van der Waals surface area contributed by atoms with Crippen LogP contribution in [0.5, 0.6) is 11.6 Å². The molecule has 4 nitrogen and oxygen atoms in total. The van der Waals surface area contributed by atoms with Crippen LogP contribution < -0.4 is 4.74 Å². The molecule has 0 radical (unpaired) electrons. The predicted octanol–water partition coefficient (Wildman–Crippen LogP) is 4.38. The lowest BCUT2D eigenvalue weighted by Gasteiger charge is -2.06. The van der Waals surface area contributed by atoms with Gasteiger partial charge in [0.25, 0.3) is 0 Å². The molecule has 0 fully saturated rings. The number of carbonyl (C=O) groups is 1. The van der Waals surface area contributed by atoms with E-state index in [1.54, 1.807) is 30.3 Å². The van der Waals surface area contributed by atoms with Crippen LogP contribution in [0.15, 0.2) is 54.6 Å². The first-order valence-corrected chi connectivity index (χ1v) is 6.57. The van der Waals surface area contributed by atoms with Gasteiger partial charge in [-0.15, -0.1) is 0 Å². The third-order valence-corrected chi connectivity index (χ3v) is 3.16. The number of hydrogen-bond donors (Lipinski definition) is 1. The zero-order valence-corrected chi connectivity index (χ0v) is 11.5. The highest BCUT2D eigenvalue weighted by Gasteiger charge is 2.06. The number of rotatable bonds is 3. The molecule has 2 aromatic carbocycles. The van der Waals surface area contributed by atoms with Crippen molar-refractivity contribution >= 4 is 28.5 Å². The largest absolute Gasteiger partial charge is 0.478 e. The van der Waals surface area contributed by atoms with Gasteiger partial charge in [0.1, 0.15) is 5.75 Å². The molecule has 1 N–H and O–H groups in total. The van der Waals surface area contributed by atoms with Crippen LogP contribution in [0.3, 0.4) is 0 Å². The SMILES string of the molecule is O=C(O)c1cccc(Oc2ccc3cc(Cl)ccc3n2)c1. The standard InChI is InChI=1S/C16H10ClNO3/c17-12-5-6-14-10(8-12)4-7-15(18-14)21-13-3-1-2-11(9-13)16(19)20/h1-9H,(H,19,20). The summed E-state index contributed by atoms with van der Waals surface area (Å²) in [6, 6.07) is 15.2. The number of carboxylic acids is 1. The van der Waals surface area contributed by atoms with E-state index in [2.05, 4.69) is 4.98 Å². The maximum Gasteiger partial charge on any atom is 0.335 e. The van der Waals surface area contributed by atoms with Crippen LogP contribution in [-0.4, -0.2) is 16.1 Å². The minimum absolute atomic E-state index is 0.167. The van der Waals surface area contributed by atoms with Gasteiger partial charge in [0.05, 0.1) is 11.1 Å². The summed E-state index contributed by atoms with van der Waals surface area (Å²) in [5, 5.41) is 10.5. The second kappa shape index (κ2) is 5.42. The zero-order chi connectivity index (χ0) is 14.8. The van der Waals surface area contributed by atoms with E-state index in [1.807, 2.05) is 12.1 Å². The molecular weight excluding hydrogens is 290 g/mol. The molecule has 1 heterocycles. The van der Waals surface area contributed by atoms with Crippen LogP contribution in [0.1, 0.15) is 10.4 Å². The predicted molar refractivity (Wildman–Crippen MR) is 80.2 cm³/mol. The average molecular weight is 300 g/mol. The Hall–Kier alpha value is -2.59. The van der Waals surface area contributed by atoms with Crippen molar-refractivity contribution in [3.63, 3.8) is 0 Å². The molecule has 0 spiro atoms. The van der Waals surface area contributed by atoms with Crippen molar-refractivity contribution in [3.8, 4) is 11.6 Å². The molecular formula is C16H10ClNO3. The van der Waals surface area contributed by atoms with Crippen LogP contribution in [0, 0.1) is 0 Å². The fourth-order valence-corrected chi connectivity index (χ4v) is 2.13. The molecule has 0 aliphatic rings. The van der Waals surface area contributed by atoms with E-state index >= 15 is 0 Å². The highest BCUT2D eigenvalue weighted by Crippen LogP contribution is 2.24. The summed E-state index contributed by atoms with van der Waals surface area (Å²) in [7, 11) is 0. The van der Waals surface area contributed by atoms with Crippen LogP contribution in [0.25, 0.3) is 10.9 Å². The molecule has 3 rings (SSSR count). The number of pyridine rings is 1. The van der Waals surface area contributed by atoms with Crippen molar-refractivity contribution < 1.29 is 14.6 Å². The minimum atomic E-state index is -0.999. The van der Waals surface area contributed by atoms with E-state index in [9.17, 15) is 4.79 Å². The first-order valence-electron chi connectivity index (χ1n) is 6.19. The number of aromatic carboxylic acids is 1. The summed E-state index contributed by atoms with van der Waals surface area (Å²) in [6.45, 7) is 0. The summed E-state index contributed by atoms with van der Waals surface area (Å²) in [5.74, 6) is -0.176. The van der Waals surface area contributed by atoms with Gasteiger partial charge in [-0.1, -0.05) is 17.7 Å². The Kier molecular flexibility index (Phi) is 3.46. The lowest BCUT2D eigenvalue weighted by Crippen LogP contribution is -1.96. The summed E-state index contributed by atoms with van der Waals surface area (Å²) in [6.07, 6.45) is 0. The Morgan fingerprint density at radius 2 is 1.95 bits per heavy atom. The lowest BCUT2D eigenvalue weighted by atomic mass is 10.2. The van der Waals surface area contributed by atoms with E-state index in [1.165, 1.54) is 12.1 Å². The molecule has 5 heteroatoms. The van der Waals surface area contributed by atoms with E-state index in [0.717, 1.165) is 10.9 Å². The van der Waals surface area contributed by atoms with Crippen LogP contribution in [0.4, 0.5) is 0 Å². The van der Waals surface area contributed by atoms with Gasteiger partial charge in [0.15, 0.2) is 0 Å². The molecule has 0 amide bonds. The number of nitrogens with zero attached hydrogens (tertiary/aromatic N) is 1. The number of fused-ring (bicyclic) bond motifs is 1. The number of aromatic nitrogens is 1. The van der Waals surface area contributed by atoms with E-state index in [-0.39, 0.29) is 5.56 Å². The maximum absolute atomic E-state index is 10.9. The molecule has 104 valence electrons. The molecule has 0 unspecified atom stereocenters. The summed E-state index contributed by atoms with van der Waals surface area (Å²) < 4.78 is 5.60. The lowest BCUT2D eigenvalue weighted by molar-refractivity contribution is 0.0696. The molecule has 0 aliphatic heterocycles. The van der Waals surface area contributed by atoms with E-state index < -0.39 is 5.97 Å². The highest BCUT2D eigenvalue weighted by atomic mass is 35.5. The van der Waals surface area contributed by atoms with Gasteiger partial charge in [0, 0.05) is 16.5 Å². The molecule has 0 saturated carbocycles. The number of hydrogen-bond acceptors (Lipinski definition) is 3. The van der Waals surface area contributed by atoms with Gasteiger partial charge >= 0.3 is 5.97 Å². The Labute approximate surface area is 125 Å². The van der Waals surface area contributed by atoms with Gasteiger partial charge in [0.2, 0.25) is 5.88 Å². The molecule has 21 heavy (non-hydrogen) atoms. The van der Waals surface area contributed by atoms with Crippen molar-refractivity contribution in [3.05, 3.63) is 65.2 Å². The van der Waals surface area contributed by atoms with Gasteiger partial charge in [-0.05, 0) is 42.5 Å². The van der Waals surface area contributed by atoms with Crippen molar-refractivity contribution in [2.45, 2.75) is 0 Å². The van der Waals surface area contributed by atoms with Crippen LogP contribution in [0.2, 0.25) is 5.02 Å². The Morgan fingerprint density at radius 3 is 2.76 bits per heavy atom. The average Bonchev–Trinajstić information content (AvgIpc) is 2.48. The van der Waals surface area contributed by atoms with Crippen LogP contribution >= 0.6 is 11.6 Å². The highest BCUT2D eigenvalue weighted by molar-refractivity contribution is 6.31. The maximum atomic E-state index is 10.9. The molecule has 0 atom stereocenters. The summed E-state index contributed by atoms with van der Waals surface area (Å²) in [4.78, 5) is 15.3. The molecule has 3 aromatic rings. The fraction of sp³-hybridized carbons (Fsp3) is 0. The smallest absolute Gasteiger partial charge is 0.335 e. The summed E-state index contributed by atoms with van der Waals surface area (Å²) >= 11 is 5.92. The second-order valence-electron chi connectivity index (χ2n) is 4.42. The molecule has 0 aliphatic carbocycles. The Morgan fingerprint density at radius 1 is 1.10 bits per heavy atom. The number of halogens is 1. The zero-order valence-electron chi connectivity index (χ0n) is 10.8. The van der Waals surface area contributed by atoms with E-state index in [0.29, 0.717) is 16.7 Å². The molecule has 1 aromatic heterocycles. The topological polar surface area (TPSA) is 59.4 Å². The van der Waals surface area contributed by atoms with Crippen molar-refractivity contribution in [1.82, 2.24) is 4.98 Å². The second-order valence-corrected chi connectivity index (χ2v) is 4.86. The Bertz CT molecular complexity index is 833. The number of ether oxygens (including phenoxy) is 1. The number of benzene rings is 2. The van der Waals surface area contributed by atoms with Crippen LogP contribution in [-0.2, 0) is 0 Å². The number of carboxylic acid groups (broad SMARTS) is 1. The first kappa shape index (κ1) is 13.4. The quantitative estimate of drug-likeness (QED) is 0.779. The molecule has 0 bridgehead atoms. The van der Waals surface area contributed by atoms with Gasteiger partial charge in [-0.2, -0.15) is 0 Å². The van der Waals surface area contributed by atoms with E-state index in [4.69, 9.17) is 21.4 Å². The first-order chi connectivity index (χ1) is 10.1. The third-order valence-electron chi connectivity index (χ3n) is 2.93. The fourth-order valence-electron chi connectivity index (χ4n) is 1.95. The van der Waals surface area contributed by atoms with Crippen molar-refractivity contribution in [1.29, 1.82) is 0 Å². The monoisotopic (exact) mass is 299 g/mol. The van der Waals surface area contributed by atoms with Crippen molar-refractivity contribution in [2.75, 3.05) is 0 Å². The Balaban J connectivity index is 1.92. The normalized spacial score (nSPS) is 10.5. The summed E-state index contributed by atoms with van der Waals surface area (Å²) in [5.41, 5.74) is 0.923. The molecule has 0 saturated heterocycles. The van der Waals surface area contributed by atoms with Gasteiger partial charge in [-0.25, -0.2) is 9.78 Å². The third kappa shape index (κ3) is 2.95. The van der Waals surface area contributed by atoms with Gasteiger partial charge in [-0.3, -0.25) is 0 Å². The van der Waals surface area contributed by atoms with Crippen molar-refractivity contribution in [2.24, 2.45) is 0 Å². The van der Waals surface area contributed by atoms with Gasteiger partial charge < -0.3 is 9.84 Å². The minimum Gasteiger partial charge on any atom is -0.478 e.